The first-order valence-corrected chi connectivity index (χ1v) is 9.44. The lowest BCUT2D eigenvalue weighted by Gasteiger charge is -2.26. The van der Waals surface area contributed by atoms with Crippen LogP contribution in [0.1, 0.15) is 70.8 Å². The molecule has 0 aliphatic heterocycles. The highest BCUT2D eigenvalue weighted by atomic mass is 19.2. The van der Waals surface area contributed by atoms with E-state index in [4.69, 9.17) is 4.74 Å². The van der Waals surface area contributed by atoms with Crippen molar-refractivity contribution < 1.29 is 13.5 Å². The van der Waals surface area contributed by atoms with Crippen LogP contribution in [-0.4, -0.2) is 6.61 Å². The summed E-state index contributed by atoms with van der Waals surface area (Å²) in [5, 5.41) is 0. The van der Waals surface area contributed by atoms with Gasteiger partial charge in [-0.2, -0.15) is 4.39 Å². The van der Waals surface area contributed by atoms with Crippen molar-refractivity contribution in [3.8, 4) is 5.75 Å². The molecular formula is C21H30F2O. The minimum absolute atomic E-state index is 0.0141. The molecule has 0 spiro atoms. The van der Waals surface area contributed by atoms with Crippen molar-refractivity contribution in [2.45, 2.75) is 65.2 Å². The number of allylic oxidation sites excluding steroid dienone is 1. The Labute approximate surface area is 145 Å². The predicted octanol–water partition coefficient (Wildman–Crippen LogP) is 6.76. The van der Waals surface area contributed by atoms with Gasteiger partial charge in [0, 0.05) is 5.56 Å². The van der Waals surface area contributed by atoms with Crippen molar-refractivity contribution in [3.05, 3.63) is 35.4 Å². The maximum Gasteiger partial charge on any atom is 0.201 e. The topological polar surface area (TPSA) is 9.23 Å². The fourth-order valence-corrected chi connectivity index (χ4v) is 3.53. The SMILES string of the molecule is CCCCCC1CCC(/C=C/c2ccc(OCC)c(F)c2F)CC1. The van der Waals surface area contributed by atoms with E-state index in [2.05, 4.69) is 13.0 Å². The number of unbranched alkanes of at least 4 members (excludes halogenated alkanes) is 2. The minimum atomic E-state index is -0.890. The van der Waals surface area contributed by atoms with Gasteiger partial charge in [0.1, 0.15) is 0 Å². The molecule has 2 rings (SSSR count). The highest BCUT2D eigenvalue weighted by Crippen LogP contribution is 2.33. The van der Waals surface area contributed by atoms with Crippen LogP contribution in [0.3, 0.4) is 0 Å². The minimum Gasteiger partial charge on any atom is -0.491 e. The van der Waals surface area contributed by atoms with E-state index in [9.17, 15) is 8.78 Å². The quantitative estimate of drug-likeness (QED) is 0.476. The van der Waals surface area contributed by atoms with Crippen molar-refractivity contribution in [2.75, 3.05) is 6.61 Å². The molecule has 1 nitrogen and oxygen atoms in total. The van der Waals surface area contributed by atoms with Crippen LogP contribution >= 0.6 is 0 Å². The average Bonchev–Trinajstić information content (AvgIpc) is 2.60. The largest absolute Gasteiger partial charge is 0.491 e. The molecule has 0 aromatic heterocycles. The Morgan fingerprint density at radius 2 is 1.79 bits per heavy atom. The van der Waals surface area contributed by atoms with Crippen LogP contribution in [0.25, 0.3) is 6.08 Å². The van der Waals surface area contributed by atoms with Crippen LogP contribution in [0, 0.1) is 23.5 Å². The van der Waals surface area contributed by atoms with Gasteiger partial charge in [0.25, 0.3) is 0 Å². The zero-order valence-electron chi connectivity index (χ0n) is 15.0. The molecule has 1 fully saturated rings. The summed E-state index contributed by atoms with van der Waals surface area (Å²) in [6.07, 6.45) is 13.9. The van der Waals surface area contributed by atoms with Gasteiger partial charge < -0.3 is 4.74 Å². The van der Waals surface area contributed by atoms with Gasteiger partial charge in [-0.1, -0.05) is 44.8 Å². The molecule has 0 saturated heterocycles. The van der Waals surface area contributed by atoms with Gasteiger partial charge in [0.15, 0.2) is 11.6 Å². The van der Waals surface area contributed by atoms with E-state index >= 15 is 0 Å². The fraction of sp³-hybridized carbons (Fsp3) is 0.619. The summed E-state index contributed by atoms with van der Waals surface area (Å²) < 4.78 is 33.0. The van der Waals surface area contributed by atoms with Crippen molar-refractivity contribution in [1.82, 2.24) is 0 Å². The van der Waals surface area contributed by atoms with Gasteiger partial charge >= 0.3 is 0 Å². The summed E-state index contributed by atoms with van der Waals surface area (Å²) in [5.74, 6) is -0.369. The van der Waals surface area contributed by atoms with Gasteiger partial charge in [-0.15, -0.1) is 0 Å². The zero-order valence-corrected chi connectivity index (χ0v) is 15.0. The highest BCUT2D eigenvalue weighted by Gasteiger charge is 2.19. The maximum absolute atomic E-state index is 14.1. The van der Waals surface area contributed by atoms with Gasteiger partial charge in [0.2, 0.25) is 5.82 Å². The monoisotopic (exact) mass is 336 g/mol. The molecule has 0 radical (unpaired) electrons. The molecule has 0 unspecified atom stereocenters. The van der Waals surface area contributed by atoms with E-state index in [0.29, 0.717) is 18.1 Å². The van der Waals surface area contributed by atoms with Gasteiger partial charge in [-0.3, -0.25) is 0 Å². The summed E-state index contributed by atoms with van der Waals surface area (Å²) in [6, 6.07) is 3.10. The molecule has 134 valence electrons. The lowest BCUT2D eigenvalue weighted by atomic mass is 9.79. The second-order valence-electron chi connectivity index (χ2n) is 6.85. The average molecular weight is 336 g/mol. The van der Waals surface area contributed by atoms with Crippen LogP contribution in [0.2, 0.25) is 0 Å². The van der Waals surface area contributed by atoms with E-state index in [1.807, 2.05) is 0 Å². The van der Waals surface area contributed by atoms with E-state index in [-0.39, 0.29) is 5.75 Å². The van der Waals surface area contributed by atoms with Crippen LogP contribution < -0.4 is 4.74 Å². The maximum atomic E-state index is 14.1. The van der Waals surface area contributed by atoms with E-state index < -0.39 is 11.6 Å². The Balaban J connectivity index is 1.87. The second kappa shape index (κ2) is 9.80. The number of hydrogen-bond acceptors (Lipinski definition) is 1. The Kier molecular flexibility index (Phi) is 7.74. The molecule has 3 heteroatoms. The van der Waals surface area contributed by atoms with E-state index in [1.54, 1.807) is 19.1 Å². The standard InChI is InChI=1S/C21H30F2O/c1-3-5-6-7-16-8-10-17(11-9-16)12-13-18-14-15-19(24-4-2)21(23)20(18)22/h12-17H,3-11H2,1-2H3/b13-12+. The molecule has 1 aromatic rings. The summed E-state index contributed by atoms with van der Waals surface area (Å²) >= 11 is 0. The van der Waals surface area contributed by atoms with E-state index in [0.717, 1.165) is 18.8 Å². The molecule has 0 N–H and O–H groups in total. The Bertz CT molecular complexity index is 531. The summed E-state index contributed by atoms with van der Waals surface area (Å²) in [6.45, 7) is 4.32. The fourth-order valence-electron chi connectivity index (χ4n) is 3.53. The Morgan fingerprint density at radius 1 is 1.04 bits per heavy atom. The molecule has 0 amide bonds. The van der Waals surface area contributed by atoms with Gasteiger partial charge in [-0.25, -0.2) is 4.39 Å². The first-order valence-electron chi connectivity index (χ1n) is 9.44. The van der Waals surface area contributed by atoms with Crippen molar-refractivity contribution in [1.29, 1.82) is 0 Å². The third-order valence-electron chi connectivity index (χ3n) is 5.03. The molecular weight excluding hydrogens is 306 g/mol. The van der Waals surface area contributed by atoms with Crippen molar-refractivity contribution >= 4 is 6.08 Å². The number of rotatable bonds is 8. The number of benzene rings is 1. The highest BCUT2D eigenvalue weighted by molar-refractivity contribution is 5.52. The van der Waals surface area contributed by atoms with Crippen LogP contribution in [0.5, 0.6) is 5.75 Å². The number of halogens is 2. The molecule has 1 saturated carbocycles. The van der Waals surface area contributed by atoms with Gasteiger partial charge in [0.05, 0.1) is 6.61 Å². The first kappa shape index (κ1) is 19.0. The Hall–Kier alpha value is -1.38. The summed E-state index contributed by atoms with van der Waals surface area (Å²) in [4.78, 5) is 0. The third kappa shape index (κ3) is 5.32. The number of ether oxygens (including phenoxy) is 1. The third-order valence-corrected chi connectivity index (χ3v) is 5.03. The van der Waals surface area contributed by atoms with Crippen molar-refractivity contribution in [2.24, 2.45) is 11.8 Å². The van der Waals surface area contributed by atoms with Crippen LogP contribution in [0.4, 0.5) is 8.78 Å². The number of hydrogen-bond donors (Lipinski definition) is 0. The van der Waals surface area contributed by atoms with Crippen molar-refractivity contribution in [3.63, 3.8) is 0 Å². The summed E-state index contributed by atoms with van der Waals surface area (Å²) in [7, 11) is 0. The lowest BCUT2D eigenvalue weighted by Crippen LogP contribution is -2.13. The molecule has 1 aliphatic carbocycles. The van der Waals surface area contributed by atoms with Crippen LogP contribution in [-0.2, 0) is 0 Å². The molecule has 0 heterocycles. The first-order chi connectivity index (χ1) is 11.7. The predicted molar refractivity (Wildman–Crippen MR) is 96.2 cm³/mol. The molecule has 1 aliphatic rings. The molecule has 0 bridgehead atoms. The molecule has 0 atom stereocenters. The van der Waals surface area contributed by atoms with Crippen LogP contribution in [0.15, 0.2) is 18.2 Å². The molecule has 24 heavy (non-hydrogen) atoms. The van der Waals surface area contributed by atoms with E-state index in [1.165, 1.54) is 44.6 Å². The zero-order chi connectivity index (χ0) is 17.4. The second-order valence-corrected chi connectivity index (χ2v) is 6.85. The van der Waals surface area contributed by atoms with Gasteiger partial charge in [-0.05, 0) is 56.6 Å². The normalized spacial score (nSPS) is 21.3. The Morgan fingerprint density at radius 3 is 2.46 bits per heavy atom. The summed E-state index contributed by atoms with van der Waals surface area (Å²) in [5.41, 5.74) is 0.307. The smallest absolute Gasteiger partial charge is 0.201 e. The molecule has 1 aromatic carbocycles. The lowest BCUT2D eigenvalue weighted by molar-refractivity contribution is 0.290.